The minimum atomic E-state index is -5.64. The number of para-hydroxylation sites is 1. The molecular weight excluding hydrogens is 485 g/mol. The van der Waals surface area contributed by atoms with E-state index in [1.165, 1.54) is 18.2 Å². The van der Waals surface area contributed by atoms with E-state index in [0.29, 0.717) is 11.1 Å². The Hall–Kier alpha value is -2.67. The second kappa shape index (κ2) is 11.2. The summed E-state index contributed by atoms with van der Waals surface area (Å²) in [6, 6.07) is 11.7. The third-order valence-corrected chi connectivity index (χ3v) is 4.52. The van der Waals surface area contributed by atoms with Crippen LogP contribution in [-0.2, 0) is 12.8 Å². The van der Waals surface area contributed by atoms with Gasteiger partial charge < -0.3 is 14.6 Å². The average Bonchev–Trinajstić information content (AvgIpc) is 2.68. The van der Waals surface area contributed by atoms with Gasteiger partial charge in [-0.1, -0.05) is 30.3 Å². The van der Waals surface area contributed by atoms with Crippen LogP contribution in [0.5, 0.6) is 11.5 Å². The zero-order chi connectivity index (χ0) is 25.6. The zero-order valence-corrected chi connectivity index (χ0v) is 17.3. The highest BCUT2D eigenvalue weighted by atomic mass is 19.4. The third-order valence-electron chi connectivity index (χ3n) is 4.52. The van der Waals surface area contributed by atoms with Crippen molar-refractivity contribution >= 4 is 0 Å². The highest BCUT2D eigenvalue weighted by Gasteiger charge is 2.53. The van der Waals surface area contributed by atoms with E-state index in [2.05, 4.69) is 4.74 Å². The van der Waals surface area contributed by atoms with Gasteiger partial charge in [-0.15, -0.1) is 18.1 Å². The van der Waals surface area contributed by atoms with Crippen LogP contribution in [0.25, 0.3) is 0 Å². The van der Waals surface area contributed by atoms with Gasteiger partial charge in [0.15, 0.2) is 0 Å². The Labute approximate surface area is 188 Å². The van der Waals surface area contributed by atoms with Crippen molar-refractivity contribution in [3.63, 3.8) is 0 Å². The van der Waals surface area contributed by atoms with Gasteiger partial charge in [-0.25, -0.2) is 0 Å². The van der Waals surface area contributed by atoms with E-state index < -0.39 is 49.5 Å². The summed E-state index contributed by atoms with van der Waals surface area (Å²) in [4.78, 5) is -1.63. The number of benzene rings is 2. The smallest absolute Gasteiger partial charge is 0.491 e. The van der Waals surface area contributed by atoms with Crippen molar-refractivity contribution < 1.29 is 54.1 Å². The Bertz CT molecular complexity index is 899. The fraction of sp³-hybridized carbons (Fsp3) is 0.429. The van der Waals surface area contributed by atoms with Crippen LogP contribution in [0, 0.1) is 0 Å². The van der Waals surface area contributed by atoms with Gasteiger partial charge in [-0.3, -0.25) is 0 Å². The molecule has 0 spiro atoms. The summed E-state index contributed by atoms with van der Waals surface area (Å²) in [6.45, 7) is -2.06. The Balaban J connectivity index is 1.94. The predicted octanol–water partition coefficient (Wildman–Crippen LogP) is 5.84. The number of ether oxygens (including phenoxy) is 2. The Morgan fingerprint density at radius 1 is 0.824 bits per heavy atom. The van der Waals surface area contributed by atoms with Gasteiger partial charge in [0, 0.05) is 6.54 Å². The number of hydrogen-bond acceptors (Lipinski definition) is 4. The molecule has 0 heterocycles. The van der Waals surface area contributed by atoms with E-state index in [4.69, 9.17) is 4.74 Å². The lowest BCUT2D eigenvalue weighted by Crippen LogP contribution is -2.49. The van der Waals surface area contributed by atoms with Crippen LogP contribution < -0.4 is 9.47 Å². The molecule has 0 aliphatic heterocycles. The van der Waals surface area contributed by atoms with E-state index in [-0.39, 0.29) is 24.3 Å². The van der Waals surface area contributed by atoms with Crippen molar-refractivity contribution in [3.8, 4) is 11.5 Å². The molecule has 0 radical (unpaired) electrons. The molecule has 2 rings (SSSR count). The molecule has 1 atom stereocenters. The lowest BCUT2D eigenvalue weighted by atomic mass is 10.0. The third kappa shape index (κ3) is 9.29. The SMILES string of the molecule is OC(CCN(C(F)(F)F)C(F)(F)F)COc1ccccc1CCc1cccc(OC(F)(F)F)c1. The number of nitrogens with zero attached hydrogens (tertiary/aromatic N) is 1. The van der Waals surface area contributed by atoms with E-state index in [1.54, 1.807) is 24.3 Å². The molecule has 34 heavy (non-hydrogen) atoms. The topological polar surface area (TPSA) is 41.9 Å². The minimum absolute atomic E-state index is 0.229. The van der Waals surface area contributed by atoms with Crippen LogP contribution in [0.15, 0.2) is 48.5 Å². The standard InChI is InChI=1S/C21H20F9NO3/c22-19(23,24)31(20(25,26)27)11-10-16(32)13-33-18-7-2-1-5-15(18)9-8-14-4-3-6-17(12-14)34-21(28,29)30/h1-7,12,16,32H,8-11,13H2. The van der Waals surface area contributed by atoms with Crippen LogP contribution in [-0.4, -0.2) is 48.2 Å². The molecule has 0 fully saturated rings. The number of alkyl halides is 9. The molecule has 0 amide bonds. The molecular formula is C21H20F9NO3. The van der Waals surface area contributed by atoms with Crippen LogP contribution in [0.4, 0.5) is 39.5 Å². The summed E-state index contributed by atoms with van der Waals surface area (Å²) in [5, 5.41) is 9.82. The van der Waals surface area contributed by atoms with Gasteiger partial charge in [0.1, 0.15) is 18.1 Å². The second-order valence-electron chi connectivity index (χ2n) is 7.14. The second-order valence-corrected chi connectivity index (χ2v) is 7.14. The molecule has 13 heteroatoms. The minimum Gasteiger partial charge on any atom is -0.491 e. The van der Waals surface area contributed by atoms with Gasteiger partial charge in [0.05, 0.1) is 6.10 Å². The van der Waals surface area contributed by atoms with Gasteiger partial charge in [-0.05, 0) is 48.6 Å². The fourth-order valence-electron chi connectivity index (χ4n) is 2.97. The Kier molecular flexibility index (Phi) is 9.06. The number of aryl methyl sites for hydroxylation is 2. The van der Waals surface area contributed by atoms with Gasteiger partial charge in [0.25, 0.3) is 0 Å². The highest BCUT2D eigenvalue weighted by molar-refractivity contribution is 5.35. The van der Waals surface area contributed by atoms with E-state index >= 15 is 0 Å². The molecule has 190 valence electrons. The molecule has 2 aromatic rings. The van der Waals surface area contributed by atoms with Crippen molar-refractivity contribution in [1.29, 1.82) is 0 Å². The quantitative estimate of drug-likeness (QED) is 0.326. The lowest BCUT2D eigenvalue weighted by Gasteiger charge is -2.27. The lowest BCUT2D eigenvalue weighted by molar-refractivity contribution is -0.373. The number of hydrogen-bond donors (Lipinski definition) is 1. The van der Waals surface area contributed by atoms with Gasteiger partial charge in [-0.2, -0.15) is 26.3 Å². The first-order chi connectivity index (χ1) is 15.6. The normalized spacial score (nSPS) is 13.7. The van der Waals surface area contributed by atoms with Crippen LogP contribution >= 0.6 is 0 Å². The van der Waals surface area contributed by atoms with Crippen molar-refractivity contribution in [3.05, 3.63) is 59.7 Å². The van der Waals surface area contributed by atoms with Crippen molar-refractivity contribution in [2.24, 2.45) is 0 Å². The first-order valence-electron chi connectivity index (χ1n) is 9.80. The summed E-state index contributed by atoms with van der Waals surface area (Å²) in [7, 11) is 0. The van der Waals surface area contributed by atoms with Crippen molar-refractivity contribution in [1.82, 2.24) is 4.90 Å². The van der Waals surface area contributed by atoms with Crippen LogP contribution in [0.1, 0.15) is 17.5 Å². The largest absolute Gasteiger partial charge is 0.573 e. The molecule has 2 aromatic carbocycles. The fourth-order valence-corrected chi connectivity index (χ4v) is 2.97. The molecule has 0 aromatic heterocycles. The summed E-state index contributed by atoms with van der Waals surface area (Å²) >= 11 is 0. The Morgan fingerprint density at radius 2 is 1.47 bits per heavy atom. The monoisotopic (exact) mass is 505 g/mol. The van der Waals surface area contributed by atoms with E-state index in [0.717, 1.165) is 6.07 Å². The summed E-state index contributed by atoms with van der Waals surface area (Å²) in [5.74, 6) is -0.155. The maximum atomic E-state index is 12.5. The highest BCUT2D eigenvalue weighted by Crippen LogP contribution is 2.33. The van der Waals surface area contributed by atoms with Crippen molar-refractivity contribution in [2.75, 3.05) is 13.2 Å². The van der Waals surface area contributed by atoms with Gasteiger partial charge in [0.2, 0.25) is 0 Å². The molecule has 0 saturated carbocycles. The average molecular weight is 505 g/mol. The van der Waals surface area contributed by atoms with E-state index in [9.17, 15) is 44.6 Å². The molecule has 0 aliphatic carbocycles. The maximum Gasteiger partial charge on any atom is 0.573 e. The van der Waals surface area contributed by atoms with Crippen LogP contribution in [0.3, 0.4) is 0 Å². The number of aliphatic hydroxyl groups excluding tert-OH is 1. The molecule has 0 bridgehead atoms. The Morgan fingerprint density at radius 3 is 2.09 bits per heavy atom. The maximum absolute atomic E-state index is 12.5. The van der Waals surface area contributed by atoms with Gasteiger partial charge >= 0.3 is 19.0 Å². The zero-order valence-electron chi connectivity index (χ0n) is 17.3. The molecule has 4 nitrogen and oxygen atoms in total. The number of rotatable bonds is 10. The van der Waals surface area contributed by atoms with Crippen LogP contribution in [0.2, 0.25) is 0 Å². The van der Waals surface area contributed by atoms with E-state index in [1.807, 2.05) is 0 Å². The summed E-state index contributed by atoms with van der Waals surface area (Å²) in [5.41, 5.74) is 1.10. The predicted molar refractivity (Wildman–Crippen MR) is 102 cm³/mol. The molecule has 0 saturated heterocycles. The first-order valence-corrected chi connectivity index (χ1v) is 9.80. The molecule has 1 unspecified atom stereocenters. The van der Waals surface area contributed by atoms with Crippen molar-refractivity contribution in [2.45, 2.75) is 44.3 Å². The number of halogens is 9. The number of aliphatic hydroxyl groups is 1. The summed E-state index contributed by atoms with van der Waals surface area (Å²) in [6.07, 6.45) is -18.0. The first kappa shape index (κ1) is 27.6. The molecule has 0 aliphatic rings. The molecule has 1 N–H and O–H groups in total. The summed E-state index contributed by atoms with van der Waals surface area (Å²) < 4.78 is 122.